The zero-order valence-corrected chi connectivity index (χ0v) is 18.6. The molecule has 0 spiro atoms. The number of halogens is 1. The Morgan fingerprint density at radius 2 is 1.83 bits per heavy atom. The van der Waals surface area contributed by atoms with Crippen molar-refractivity contribution >= 4 is 17.6 Å². The first kappa shape index (κ1) is 22.3. The average Bonchev–Trinajstić information content (AvgIpc) is 2.70. The van der Waals surface area contributed by atoms with Crippen LogP contribution in [0.2, 0.25) is 5.02 Å². The second-order valence-electron chi connectivity index (χ2n) is 8.50. The van der Waals surface area contributed by atoms with Crippen molar-refractivity contribution in [2.75, 3.05) is 53.0 Å². The number of carbonyl (C=O) groups excluding carboxylic acids is 1. The summed E-state index contributed by atoms with van der Waals surface area (Å²) in [6.07, 6.45) is 2.26. The number of hydrogen-bond donors (Lipinski definition) is 1. The number of urea groups is 1. The van der Waals surface area contributed by atoms with Crippen molar-refractivity contribution in [2.24, 2.45) is 0 Å². The number of rotatable bonds is 6. The highest BCUT2D eigenvalue weighted by atomic mass is 35.5. The maximum absolute atomic E-state index is 12.7. The molecule has 2 heterocycles. The van der Waals surface area contributed by atoms with Gasteiger partial charge in [0.1, 0.15) is 0 Å². The van der Waals surface area contributed by atoms with E-state index in [9.17, 15) is 4.79 Å². The van der Waals surface area contributed by atoms with Crippen LogP contribution >= 0.6 is 11.6 Å². The molecule has 1 aromatic carbocycles. The van der Waals surface area contributed by atoms with Gasteiger partial charge in [0, 0.05) is 63.4 Å². The van der Waals surface area contributed by atoms with Crippen molar-refractivity contribution in [3.63, 3.8) is 0 Å². The van der Waals surface area contributed by atoms with Gasteiger partial charge in [-0.15, -0.1) is 0 Å². The van der Waals surface area contributed by atoms with Gasteiger partial charge in [0.15, 0.2) is 0 Å². The van der Waals surface area contributed by atoms with E-state index >= 15 is 0 Å². The minimum Gasteiger partial charge on any atom is -0.381 e. The molecule has 2 atom stereocenters. The van der Waals surface area contributed by atoms with Gasteiger partial charge >= 0.3 is 6.03 Å². The normalized spacial score (nSPS) is 24.8. The average molecular weight is 424 g/mol. The molecule has 2 aliphatic heterocycles. The number of likely N-dealkylation sites (N-methyl/N-ethyl adjacent to an activating group) is 1. The smallest absolute Gasteiger partial charge is 0.317 e. The van der Waals surface area contributed by atoms with Crippen LogP contribution < -0.4 is 5.32 Å². The van der Waals surface area contributed by atoms with E-state index in [-0.39, 0.29) is 23.7 Å². The van der Waals surface area contributed by atoms with Gasteiger partial charge in [-0.25, -0.2) is 4.79 Å². The Balaban J connectivity index is 1.53. The monoisotopic (exact) mass is 423 g/mol. The van der Waals surface area contributed by atoms with Crippen LogP contribution in [0.5, 0.6) is 0 Å². The van der Waals surface area contributed by atoms with Crippen molar-refractivity contribution in [3.05, 3.63) is 34.9 Å². The fourth-order valence-electron chi connectivity index (χ4n) is 4.37. The van der Waals surface area contributed by atoms with Gasteiger partial charge in [-0.05, 0) is 44.4 Å². The van der Waals surface area contributed by atoms with Crippen molar-refractivity contribution in [1.82, 2.24) is 15.1 Å². The molecule has 162 valence electrons. The molecule has 29 heavy (non-hydrogen) atoms. The van der Waals surface area contributed by atoms with Crippen molar-refractivity contribution < 1.29 is 14.3 Å². The molecule has 2 amide bonds. The van der Waals surface area contributed by atoms with Gasteiger partial charge < -0.3 is 19.7 Å². The Morgan fingerprint density at radius 1 is 1.21 bits per heavy atom. The minimum absolute atomic E-state index is 0.0285. The highest BCUT2D eigenvalue weighted by Gasteiger charge is 2.35. The van der Waals surface area contributed by atoms with E-state index in [1.54, 1.807) is 4.90 Å². The van der Waals surface area contributed by atoms with Gasteiger partial charge in [0.25, 0.3) is 0 Å². The zero-order valence-electron chi connectivity index (χ0n) is 17.8. The Bertz CT molecular complexity index is 654. The molecule has 0 bridgehead atoms. The summed E-state index contributed by atoms with van der Waals surface area (Å²) in [5.41, 5.74) is 1.11. The van der Waals surface area contributed by atoms with Crippen LogP contribution in [0.25, 0.3) is 0 Å². The molecule has 6 nitrogen and oxygen atoms in total. The fourth-order valence-corrected chi connectivity index (χ4v) is 4.50. The fraction of sp³-hybridized carbons (Fsp3) is 0.682. The lowest BCUT2D eigenvalue weighted by Gasteiger charge is -2.38. The third-order valence-corrected chi connectivity index (χ3v) is 6.33. The van der Waals surface area contributed by atoms with E-state index in [0.717, 1.165) is 37.5 Å². The summed E-state index contributed by atoms with van der Waals surface area (Å²) in [6, 6.07) is 7.96. The maximum atomic E-state index is 12.7. The molecule has 0 saturated carbocycles. The molecule has 7 heteroatoms. The van der Waals surface area contributed by atoms with Crippen LogP contribution in [0.1, 0.15) is 32.3 Å². The lowest BCUT2D eigenvalue weighted by atomic mass is 9.74. The molecule has 0 aromatic heterocycles. The van der Waals surface area contributed by atoms with Gasteiger partial charge in [0.2, 0.25) is 0 Å². The molecular weight excluding hydrogens is 390 g/mol. The van der Waals surface area contributed by atoms with E-state index in [1.165, 1.54) is 5.56 Å². The van der Waals surface area contributed by atoms with Crippen LogP contribution in [0.15, 0.2) is 24.3 Å². The molecule has 2 fully saturated rings. The molecule has 3 rings (SSSR count). The summed E-state index contributed by atoms with van der Waals surface area (Å²) in [4.78, 5) is 16.9. The summed E-state index contributed by atoms with van der Waals surface area (Å²) in [5, 5.41) is 3.89. The Labute approximate surface area is 179 Å². The predicted octanol–water partition coefficient (Wildman–Crippen LogP) is 3.14. The predicted molar refractivity (Wildman–Crippen MR) is 116 cm³/mol. The van der Waals surface area contributed by atoms with Crippen LogP contribution in [-0.2, 0) is 14.9 Å². The summed E-state index contributed by atoms with van der Waals surface area (Å²) in [5.74, 6) is 0. The lowest BCUT2D eigenvalue weighted by molar-refractivity contribution is -0.0684. The van der Waals surface area contributed by atoms with Crippen molar-refractivity contribution in [1.29, 1.82) is 0 Å². The van der Waals surface area contributed by atoms with Crippen molar-refractivity contribution in [2.45, 2.75) is 44.3 Å². The van der Waals surface area contributed by atoms with E-state index < -0.39 is 0 Å². The number of nitrogens with zero attached hydrogens (tertiary/aromatic N) is 2. The van der Waals surface area contributed by atoms with Crippen LogP contribution in [-0.4, -0.2) is 81.0 Å². The highest BCUT2D eigenvalue weighted by molar-refractivity contribution is 6.30. The minimum atomic E-state index is -0.103. The number of benzene rings is 1. The van der Waals surface area contributed by atoms with Crippen LogP contribution in [0.4, 0.5) is 4.79 Å². The van der Waals surface area contributed by atoms with Crippen LogP contribution in [0.3, 0.4) is 0 Å². The molecule has 0 unspecified atom stereocenters. The molecule has 0 aliphatic carbocycles. The van der Waals surface area contributed by atoms with E-state index in [1.807, 2.05) is 19.2 Å². The Hall–Kier alpha value is -1.34. The summed E-state index contributed by atoms with van der Waals surface area (Å²) in [7, 11) is 1.86. The first-order chi connectivity index (χ1) is 13.9. The first-order valence-electron chi connectivity index (χ1n) is 10.6. The molecule has 1 N–H and O–H groups in total. The summed E-state index contributed by atoms with van der Waals surface area (Å²) in [6.45, 7) is 9.61. The Morgan fingerprint density at radius 3 is 2.45 bits per heavy atom. The molecule has 0 radical (unpaired) electrons. The van der Waals surface area contributed by atoms with E-state index in [2.05, 4.69) is 36.2 Å². The highest BCUT2D eigenvalue weighted by Crippen LogP contribution is 2.35. The lowest BCUT2D eigenvalue weighted by Crippen LogP contribution is -2.50. The Kier molecular flexibility index (Phi) is 7.79. The third-order valence-electron chi connectivity index (χ3n) is 6.08. The van der Waals surface area contributed by atoms with E-state index in [4.69, 9.17) is 21.1 Å². The third kappa shape index (κ3) is 6.07. The maximum Gasteiger partial charge on any atom is 0.317 e. The number of ether oxygens (including phenoxy) is 2. The standard InChI is InChI=1S/C22H34ClN3O3/c1-17-14-26(15-18(2)29-17)11-10-25(3)21(27)24-16-22(8-12-28-13-9-22)19-4-6-20(23)7-5-19/h4-7,17-18H,8-16H2,1-3H3,(H,24,27)/t17-,18+. The largest absolute Gasteiger partial charge is 0.381 e. The topological polar surface area (TPSA) is 54.0 Å². The van der Waals surface area contributed by atoms with Crippen molar-refractivity contribution in [3.8, 4) is 0 Å². The van der Waals surface area contributed by atoms with Gasteiger partial charge in [-0.3, -0.25) is 4.90 Å². The second-order valence-corrected chi connectivity index (χ2v) is 8.93. The quantitative estimate of drug-likeness (QED) is 0.763. The van der Waals surface area contributed by atoms with Gasteiger partial charge in [-0.1, -0.05) is 23.7 Å². The van der Waals surface area contributed by atoms with Crippen LogP contribution in [0, 0.1) is 0 Å². The first-order valence-corrected chi connectivity index (χ1v) is 11.0. The molecular formula is C22H34ClN3O3. The number of morpholine rings is 1. The van der Waals surface area contributed by atoms with E-state index in [0.29, 0.717) is 26.3 Å². The number of hydrogen-bond acceptors (Lipinski definition) is 4. The second kappa shape index (κ2) is 10.1. The SMILES string of the molecule is C[C@@H]1CN(CCN(C)C(=O)NCC2(c3ccc(Cl)cc3)CCOCC2)C[C@H](C)O1. The summed E-state index contributed by atoms with van der Waals surface area (Å²) >= 11 is 6.07. The van der Waals surface area contributed by atoms with Gasteiger partial charge in [-0.2, -0.15) is 0 Å². The molecule has 1 aromatic rings. The van der Waals surface area contributed by atoms with Gasteiger partial charge in [0.05, 0.1) is 12.2 Å². The zero-order chi connectivity index (χ0) is 20.9. The number of nitrogens with one attached hydrogen (secondary N) is 1. The molecule has 2 aliphatic rings. The molecule has 2 saturated heterocycles. The number of amides is 2. The summed E-state index contributed by atoms with van der Waals surface area (Å²) < 4.78 is 11.4. The number of carbonyl (C=O) groups is 1.